The molecule has 0 fully saturated rings. The lowest BCUT2D eigenvalue weighted by Gasteiger charge is -2.07. The number of aliphatic hydroxyl groups excluding tert-OH is 1. The molecule has 0 saturated carbocycles. The van der Waals surface area contributed by atoms with Crippen molar-refractivity contribution >= 4 is 15.8 Å². The van der Waals surface area contributed by atoms with Crippen molar-refractivity contribution in [1.82, 2.24) is 0 Å². The summed E-state index contributed by atoms with van der Waals surface area (Å²) in [5.74, 6) is 0. The second-order valence-corrected chi connectivity index (χ2v) is 4.15. The molecular weight excluding hydrogens is 242 g/mol. The van der Waals surface area contributed by atoms with E-state index in [4.69, 9.17) is 10.1 Å². The Balaban J connectivity index is 3.47. The Kier molecular flexibility index (Phi) is 3.01. The Labute approximate surface area is 88.8 Å². The van der Waals surface area contributed by atoms with Crippen LogP contribution in [0.25, 0.3) is 5.53 Å². The normalized spacial score (nSPS) is 20.9. The van der Waals surface area contributed by atoms with Gasteiger partial charge in [-0.1, -0.05) is 0 Å². The Morgan fingerprint density at radius 1 is 1.56 bits per heavy atom. The predicted octanol–water partition coefficient (Wildman–Crippen LogP) is -1.04. The highest BCUT2D eigenvalue weighted by Crippen LogP contribution is 2.22. The molecule has 0 heterocycles. The SMILES string of the molecule is [N-]=[N+]=C1C=C(S(=O)(=O)O)C([N+](=O)[O-])=CC1O. The number of aliphatic hydroxyl groups is 1. The molecule has 16 heavy (non-hydrogen) atoms. The fourth-order valence-electron chi connectivity index (χ4n) is 1.06. The molecule has 0 amide bonds. The van der Waals surface area contributed by atoms with Crippen molar-refractivity contribution in [3.8, 4) is 0 Å². The van der Waals surface area contributed by atoms with Gasteiger partial charge in [0.1, 0.15) is 0 Å². The second-order valence-electron chi connectivity index (χ2n) is 2.76. The smallest absolute Gasteiger partial charge is 0.326 e. The molecule has 2 N–H and O–H groups in total. The van der Waals surface area contributed by atoms with E-state index in [-0.39, 0.29) is 0 Å². The van der Waals surface area contributed by atoms with E-state index in [0.717, 1.165) is 0 Å². The molecule has 1 aliphatic carbocycles. The lowest BCUT2D eigenvalue weighted by Crippen LogP contribution is -2.26. The van der Waals surface area contributed by atoms with E-state index in [2.05, 4.69) is 4.79 Å². The van der Waals surface area contributed by atoms with Crippen molar-refractivity contribution in [3.63, 3.8) is 0 Å². The third-order valence-electron chi connectivity index (χ3n) is 1.74. The molecule has 0 bridgehead atoms. The van der Waals surface area contributed by atoms with E-state index in [9.17, 15) is 23.6 Å². The maximum Gasteiger partial charge on any atom is 0.326 e. The zero-order chi connectivity index (χ0) is 12.5. The number of nitro groups is 1. The van der Waals surface area contributed by atoms with Gasteiger partial charge in [0.05, 0.1) is 11.0 Å². The van der Waals surface area contributed by atoms with E-state index in [1.54, 1.807) is 0 Å². The first-order valence-corrected chi connectivity index (χ1v) is 5.17. The lowest BCUT2D eigenvalue weighted by molar-refractivity contribution is -0.420. The molecule has 1 atom stereocenters. The van der Waals surface area contributed by atoms with Crippen LogP contribution in [0.15, 0.2) is 22.8 Å². The van der Waals surface area contributed by atoms with Crippen LogP contribution < -0.4 is 0 Å². The fourth-order valence-corrected chi connectivity index (χ4v) is 1.73. The minimum atomic E-state index is -4.84. The summed E-state index contributed by atoms with van der Waals surface area (Å²) in [6.45, 7) is 0. The van der Waals surface area contributed by atoms with Gasteiger partial charge in [-0.2, -0.15) is 13.2 Å². The van der Waals surface area contributed by atoms with Gasteiger partial charge in [0, 0.05) is 6.08 Å². The molecule has 0 aromatic carbocycles. The maximum absolute atomic E-state index is 10.8. The van der Waals surface area contributed by atoms with Crippen LogP contribution in [0.1, 0.15) is 0 Å². The van der Waals surface area contributed by atoms with Crippen LogP contribution >= 0.6 is 0 Å². The van der Waals surface area contributed by atoms with Crippen LogP contribution in [0.4, 0.5) is 0 Å². The van der Waals surface area contributed by atoms with Crippen LogP contribution in [0, 0.1) is 10.1 Å². The molecule has 0 radical (unpaired) electrons. The third-order valence-corrected chi connectivity index (χ3v) is 2.62. The van der Waals surface area contributed by atoms with E-state index in [1.165, 1.54) is 0 Å². The fraction of sp³-hybridized carbons (Fsp3) is 0.167. The van der Waals surface area contributed by atoms with Crippen LogP contribution in [-0.2, 0) is 10.1 Å². The van der Waals surface area contributed by atoms with Crippen LogP contribution in [-0.4, -0.2) is 39.6 Å². The van der Waals surface area contributed by atoms with Gasteiger partial charge in [-0.05, 0) is 0 Å². The molecule has 0 aliphatic heterocycles. The minimum Gasteiger partial charge on any atom is -0.377 e. The zero-order valence-corrected chi connectivity index (χ0v) is 8.33. The number of hydrogen-bond acceptors (Lipinski definition) is 5. The quantitative estimate of drug-likeness (QED) is 0.209. The van der Waals surface area contributed by atoms with Crippen LogP contribution in [0.2, 0.25) is 0 Å². The van der Waals surface area contributed by atoms with Crippen LogP contribution in [0.5, 0.6) is 0 Å². The van der Waals surface area contributed by atoms with E-state index >= 15 is 0 Å². The average molecular weight is 247 g/mol. The Bertz CT molecular complexity index is 553. The van der Waals surface area contributed by atoms with E-state index in [1.807, 2.05) is 0 Å². The second kappa shape index (κ2) is 3.94. The van der Waals surface area contributed by atoms with Crippen molar-refractivity contribution < 1.29 is 27.8 Å². The first kappa shape index (κ1) is 12.2. The van der Waals surface area contributed by atoms with Crippen molar-refractivity contribution in [2.75, 3.05) is 0 Å². The Morgan fingerprint density at radius 2 is 2.12 bits per heavy atom. The first-order valence-electron chi connectivity index (χ1n) is 3.73. The first-order chi connectivity index (χ1) is 7.27. The summed E-state index contributed by atoms with van der Waals surface area (Å²) in [7, 11) is -4.84. The molecule has 9 nitrogen and oxygen atoms in total. The molecule has 0 spiro atoms. The maximum atomic E-state index is 10.8. The van der Waals surface area contributed by atoms with Gasteiger partial charge in [0.2, 0.25) is 0 Å². The van der Waals surface area contributed by atoms with Crippen molar-refractivity contribution in [1.29, 1.82) is 0 Å². The molecule has 1 unspecified atom stereocenters. The lowest BCUT2D eigenvalue weighted by atomic mass is 10.1. The molecule has 0 saturated heterocycles. The number of hydrogen-bond donors (Lipinski definition) is 2. The van der Waals surface area contributed by atoms with Gasteiger partial charge in [0.15, 0.2) is 11.0 Å². The summed E-state index contributed by atoms with van der Waals surface area (Å²) in [5.41, 5.74) is 6.86. The Hall–Kier alpha value is -1.87. The molecule has 0 aromatic rings. The molecular formula is C6H5N3O6S. The van der Waals surface area contributed by atoms with Gasteiger partial charge < -0.3 is 10.6 Å². The average Bonchev–Trinajstić information content (AvgIpc) is 2.15. The summed E-state index contributed by atoms with van der Waals surface area (Å²) in [4.78, 5) is 10.9. The molecule has 1 rings (SSSR count). The summed E-state index contributed by atoms with van der Waals surface area (Å²) < 4.78 is 30.3. The zero-order valence-electron chi connectivity index (χ0n) is 7.51. The van der Waals surface area contributed by atoms with Gasteiger partial charge in [0.25, 0.3) is 5.70 Å². The highest BCUT2D eigenvalue weighted by Gasteiger charge is 2.37. The Morgan fingerprint density at radius 3 is 2.50 bits per heavy atom. The van der Waals surface area contributed by atoms with E-state index in [0.29, 0.717) is 12.2 Å². The largest absolute Gasteiger partial charge is 0.377 e. The third kappa shape index (κ3) is 2.20. The van der Waals surface area contributed by atoms with Gasteiger partial charge in [-0.15, -0.1) is 0 Å². The topological polar surface area (TPSA) is 154 Å². The standard InChI is InChI=1S/C6H5N3O6S/c7-8-3-1-6(16(13,14)15)4(9(11)12)2-5(3)10/h1-2,5,10H,(H,13,14,15). The van der Waals surface area contributed by atoms with Gasteiger partial charge in [-0.3, -0.25) is 14.7 Å². The highest BCUT2D eigenvalue weighted by atomic mass is 32.2. The molecule has 10 heteroatoms. The number of nitrogens with zero attached hydrogens (tertiary/aromatic N) is 3. The minimum absolute atomic E-state index is 0.512. The van der Waals surface area contributed by atoms with Crippen molar-refractivity contribution in [2.24, 2.45) is 0 Å². The van der Waals surface area contributed by atoms with E-state index < -0.39 is 37.5 Å². The molecule has 1 aliphatic rings. The summed E-state index contributed by atoms with van der Waals surface area (Å²) >= 11 is 0. The summed E-state index contributed by atoms with van der Waals surface area (Å²) in [6.07, 6.45) is -0.563. The monoisotopic (exact) mass is 247 g/mol. The predicted molar refractivity (Wildman–Crippen MR) is 49.3 cm³/mol. The number of rotatable bonds is 2. The van der Waals surface area contributed by atoms with Gasteiger partial charge >= 0.3 is 15.8 Å². The van der Waals surface area contributed by atoms with Crippen LogP contribution in [0.3, 0.4) is 0 Å². The summed E-state index contributed by atoms with van der Waals surface area (Å²) in [6, 6.07) is 0. The highest BCUT2D eigenvalue weighted by molar-refractivity contribution is 7.90. The van der Waals surface area contributed by atoms with Crippen molar-refractivity contribution in [3.05, 3.63) is 38.4 Å². The van der Waals surface area contributed by atoms with Gasteiger partial charge in [-0.25, -0.2) is 0 Å². The molecule has 86 valence electrons. The van der Waals surface area contributed by atoms with Crippen molar-refractivity contribution in [2.45, 2.75) is 6.10 Å². The summed E-state index contributed by atoms with van der Waals surface area (Å²) in [5, 5.41) is 19.6. The molecule has 0 aromatic heterocycles.